The van der Waals surface area contributed by atoms with Crippen molar-refractivity contribution in [1.82, 2.24) is 4.90 Å². The lowest BCUT2D eigenvalue weighted by Crippen LogP contribution is -2.35. The molecule has 1 nitrogen and oxygen atoms in total. The number of likely N-dealkylation sites (tertiary alicyclic amines) is 1. The van der Waals surface area contributed by atoms with Crippen LogP contribution in [0.3, 0.4) is 0 Å². The van der Waals surface area contributed by atoms with Crippen LogP contribution in [0.2, 0.25) is 5.02 Å². The van der Waals surface area contributed by atoms with Gasteiger partial charge in [-0.15, -0.1) is 11.3 Å². The lowest BCUT2D eigenvalue weighted by molar-refractivity contribution is 0.181. The van der Waals surface area contributed by atoms with Crippen LogP contribution in [-0.4, -0.2) is 23.3 Å². The fraction of sp³-hybridized carbons (Fsp3) is 0.636. The second kappa shape index (κ2) is 5.67. The molecule has 0 saturated carbocycles. The number of alkyl halides is 1. The van der Waals surface area contributed by atoms with Crippen LogP contribution in [0.25, 0.3) is 0 Å². The van der Waals surface area contributed by atoms with Gasteiger partial charge in [-0.1, -0.05) is 27.5 Å². The lowest BCUT2D eigenvalue weighted by atomic mass is 10.0. The third-order valence-corrected chi connectivity index (χ3v) is 5.17. The van der Waals surface area contributed by atoms with Crippen LogP contribution in [0.4, 0.5) is 0 Å². The molecule has 1 atom stereocenters. The van der Waals surface area contributed by atoms with Gasteiger partial charge in [0.25, 0.3) is 0 Å². The minimum atomic E-state index is 0.817. The molecule has 0 amide bonds. The van der Waals surface area contributed by atoms with Gasteiger partial charge in [0.05, 0.1) is 5.02 Å². The number of halogens is 2. The number of thiophene rings is 1. The van der Waals surface area contributed by atoms with Crippen LogP contribution in [0.15, 0.2) is 11.4 Å². The minimum Gasteiger partial charge on any atom is -0.298 e. The van der Waals surface area contributed by atoms with Crippen molar-refractivity contribution in [3.8, 4) is 0 Å². The SMILES string of the molecule is Clc1ccsc1CN1CCCC(CBr)C1. The van der Waals surface area contributed by atoms with Crippen LogP contribution in [0.5, 0.6) is 0 Å². The molecule has 15 heavy (non-hydrogen) atoms. The van der Waals surface area contributed by atoms with Crippen molar-refractivity contribution < 1.29 is 0 Å². The molecule has 0 aromatic carbocycles. The fourth-order valence-electron chi connectivity index (χ4n) is 2.06. The maximum Gasteiger partial charge on any atom is 0.0558 e. The third kappa shape index (κ3) is 3.19. The molecule has 1 unspecified atom stereocenters. The molecule has 0 radical (unpaired) electrons. The number of hydrogen-bond donors (Lipinski definition) is 0. The predicted octanol–water partition coefficient (Wildman–Crippen LogP) is 4.01. The summed E-state index contributed by atoms with van der Waals surface area (Å²) in [5.41, 5.74) is 0. The Hall–Kier alpha value is 0.430. The van der Waals surface area contributed by atoms with Crippen LogP contribution in [-0.2, 0) is 6.54 Å². The monoisotopic (exact) mass is 307 g/mol. The average Bonchev–Trinajstić information content (AvgIpc) is 2.65. The second-order valence-corrected chi connectivity index (χ2v) is 6.14. The average molecular weight is 309 g/mol. The van der Waals surface area contributed by atoms with Gasteiger partial charge in [0, 0.05) is 23.3 Å². The maximum absolute atomic E-state index is 6.10. The zero-order chi connectivity index (χ0) is 10.7. The van der Waals surface area contributed by atoms with Gasteiger partial charge in [0.15, 0.2) is 0 Å². The molecule has 2 heterocycles. The molecule has 0 spiro atoms. The van der Waals surface area contributed by atoms with E-state index in [1.165, 1.54) is 30.8 Å². The van der Waals surface area contributed by atoms with Crippen LogP contribution in [0, 0.1) is 5.92 Å². The largest absolute Gasteiger partial charge is 0.298 e. The first-order valence-electron chi connectivity index (χ1n) is 5.30. The summed E-state index contributed by atoms with van der Waals surface area (Å²) in [5, 5.41) is 4.13. The summed E-state index contributed by atoms with van der Waals surface area (Å²) in [5.74, 6) is 0.817. The minimum absolute atomic E-state index is 0.817. The Morgan fingerprint density at radius 2 is 2.47 bits per heavy atom. The van der Waals surface area contributed by atoms with Gasteiger partial charge < -0.3 is 0 Å². The van der Waals surface area contributed by atoms with Crippen LogP contribution < -0.4 is 0 Å². The van der Waals surface area contributed by atoms with E-state index >= 15 is 0 Å². The van der Waals surface area contributed by atoms with Crippen molar-refractivity contribution in [2.75, 3.05) is 18.4 Å². The Morgan fingerprint density at radius 3 is 3.13 bits per heavy atom. The number of hydrogen-bond acceptors (Lipinski definition) is 2. The Bertz CT molecular complexity index is 315. The zero-order valence-corrected chi connectivity index (χ0v) is 11.7. The Labute approximate surface area is 109 Å². The van der Waals surface area contributed by atoms with Crippen molar-refractivity contribution >= 4 is 38.9 Å². The van der Waals surface area contributed by atoms with E-state index in [0.29, 0.717) is 0 Å². The summed E-state index contributed by atoms with van der Waals surface area (Å²) in [6.45, 7) is 3.46. The summed E-state index contributed by atoms with van der Waals surface area (Å²) in [4.78, 5) is 3.83. The summed E-state index contributed by atoms with van der Waals surface area (Å²) in [6, 6.07) is 1.99. The molecule has 1 aromatic rings. The van der Waals surface area contributed by atoms with E-state index in [-0.39, 0.29) is 0 Å². The zero-order valence-electron chi connectivity index (χ0n) is 8.59. The summed E-state index contributed by atoms with van der Waals surface area (Å²) < 4.78 is 0. The number of piperidine rings is 1. The molecule has 1 saturated heterocycles. The summed E-state index contributed by atoms with van der Waals surface area (Å²) in [7, 11) is 0. The van der Waals surface area contributed by atoms with Crippen molar-refractivity contribution in [2.24, 2.45) is 5.92 Å². The van der Waals surface area contributed by atoms with Crippen molar-refractivity contribution in [3.63, 3.8) is 0 Å². The molecule has 0 N–H and O–H groups in total. The van der Waals surface area contributed by atoms with Crippen molar-refractivity contribution in [1.29, 1.82) is 0 Å². The lowest BCUT2D eigenvalue weighted by Gasteiger charge is -2.31. The second-order valence-electron chi connectivity index (χ2n) is 4.09. The smallest absolute Gasteiger partial charge is 0.0558 e. The number of nitrogens with zero attached hydrogens (tertiary/aromatic N) is 1. The van der Waals surface area contributed by atoms with Gasteiger partial charge in [0.2, 0.25) is 0 Å². The predicted molar refractivity (Wildman–Crippen MR) is 71.1 cm³/mol. The highest BCUT2D eigenvalue weighted by molar-refractivity contribution is 9.09. The van der Waals surface area contributed by atoms with E-state index in [1.54, 1.807) is 11.3 Å². The maximum atomic E-state index is 6.10. The van der Waals surface area contributed by atoms with Crippen LogP contribution >= 0.6 is 38.9 Å². The van der Waals surface area contributed by atoms with E-state index < -0.39 is 0 Å². The van der Waals surface area contributed by atoms with Gasteiger partial charge in [-0.2, -0.15) is 0 Å². The molecule has 0 aliphatic carbocycles. The van der Waals surface area contributed by atoms with Gasteiger partial charge in [-0.25, -0.2) is 0 Å². The molecule has 84 valence electrons. The third-order valence-electron chi connectivity index (χ3n) is 2.88. The molecule has 1 fully saturated rings. The topological polar surface area (TPSA) is 3.24 Å². The van der Waals surface area contributed by atoms with Crippen LogP contribution in [0.1, 0.15) is 17.7 Å². The first-order chi connectivity index (χ1) is 7.29. The Kier molecular flexibility index (Phi) is 4.50. The van der Waals surface area contributed by atoms with Gasteiger partial charge in [-0.05, 0) is 36.8 Å². The summed E-state index contributed by atoms with van der Waals surface area (Å²) in [6.07, 6.45) is 2.68. The summed E-state index contributed by atoms with van der Waals surface area (Å²) >= 11 is 11.5. The van der Waals surface area contributed by atoms with E-state index in [2.05, 4.69) is 26.2 Å². The fourth-order valence-corrected chi connectivity index (χ4v) is 3.73. The van der Waals surface area contributed by atoms with Gasteiger partial charge in [0.1, 0.15) is 0 Å². The van der Waals surface area contributed by atoms with E-state index in [1.807, 2.05) is 6.07 Å². The molecule has 4 heteroatoms. The highest BCUT2D eigenvalue weighted by atomic mass is 79.9. The van der Waals surface area contributed by atoms with E-state index in [9.17, 15) is 0 Å². The molecule has 2 rings (SSSR count). The standard InChI is InChI=1S/C11H15BrClNS/c12-6-9-2-1-4-14(7-9)8-11-10(13)3-5-15-11/h3,5,9H,1-2,4,6-8H2. The molecule has 1 aromatic heterocycles. The first kappa shape index (κ1) is 11.9. The molecular formula is C11H15BrClNS. The quantitative estimate of drug-likeness (QED) is 0.763. The molecule has 0 bridgehead atoms. The Balaban J connectivity index is 1.92. The Morgan fingerprint density at radius 1 is 1.60 bits per heavy atom. The highest BCUT2D eigenvalue weighted by Crippen LogP contribution is 2.26. The molecule has 1 aliphatic rings. The van der Waals surface area contributed by atoms with E-state index in [0.717, 1.165) is 22.8 Å². The molecular weight excluding hydrogens is 294 g/mol. The van der Waals surface area contributed by atoms with E-state index in [4.69, 9.17) is 11.6 Å². The molecule has 1 aliphatic heterocycles. The van der Waals surface area contributed by atoms with Crippen molar-refractivity contribution in [2.45, 2.75) is 19.4 Å². The first-order valence-corrected chi connectivity index (χ1v) is 7.67. The van der Waals surface area contributed by atoms with Crippen molar-refractivity contribution in [3.05, 3.63) is 21.3 Å². The number of rotatable bonds is 3. The normalized spacial score (nSPS) is 23.2. The highest BCUT2D eigenvalue weighted by Gasteiger charge is 2.19. The van der Waals surface area contributed by atoms with Gasteiger partial charge in [-0.3, -0.25) is 4.90 Å². The van der Waals surface area contributed by atoms with Gasteiger partial charge >= 0.3 is 0 Å².